The van der Waals surface area contributed by atoms with Crippen LogP contribution in [0.15, 0.2) is 45.6 Å². The van der Waals surface area contributed by atoms with Crippen molar-refractivity contribution in [3.05, 3.63) is 57.2 Å². The van der Waals surface area contributed by atoms with E-state index < -0.39 is 0 Å². The molecule has 1 heterocycles. The average Bonchev–Trinajstić information content (AvgIpc) is 2.39. The second kappa shape index (κ2) is 3.86. The molecule has 0 radical (unpaired) electrons. The van der Waals surface area contributed by atoms with Crippen molar-refractivity contribution in [1.29, 1.82) is 5.26 Å². The van der Waals surface area contributed by atoms with Crippen molar-refractivity contribution in [2.45, 2.75) is 0 Å². The Morgan fingerprint density at radius 1 is 1.17 bits per heavy atom. The molecule has 4 heteroatoms. The number of fused-ring (bicyclic) bond motifs is 2. The smallest absolute Gasteiger partial charge is 0.200 e. The molecule has 0 atom stereocenters. The molecule has 0 aliphatic heterocycles. The standard InChI is InChI=1S/C14H6ClNO2/c15-9-4-5-12-11(6-9)13(17)10-3-1-2-8(7-16)14(10)18-12/h1-6H. The normalized spacial score (nSPS) is 10.7. The van der Waals surface area contributed by atoms with E-state index in [1.807, 2.05) is 6.07 Å². The lowest BCUT2D eigenvalue weighted by Crippen LogP contribution is -2.02. The maximum atomic E-state index is 12.3. The number of nitrogens with zero attached hydrogens (tertiary/aromatic N) is 1. The third kappa shape index (κ3) is 1.47. The van der Waals surface area contributed by atoms with Crippen molar-refractivity contribution in [3.8, 4) is 6.07 Å². The lowest BCUT2D eigenvalue weighted by molar-refractivity contribution is 0.658. The molecule has 0 aliphatic carbocycles. The van der Waals surface area contributed by atoms with Gasteiger partial charge < -0.3 is 4.42 Å². The zero-order chi connectivity index (χ0) is 12.7. The summed E-state index contributed by atoms with van der Waals surface area (Å²) in [5, 5.41) is 10.3. The predicted molar refractivity (Wildman–Crippen MR) is 69.7 cm³/mol. The molecule has 0 aliphatic rings. The lowest BCUT2D eigenvalue weighted by Gasteiger charge is -2.02. The molecule has 0 spiro atoms. The number of rotatable bonds is 0. The van der Waals surface area contributed by atoms with Gasteiger partial charge in [0, 0.05) is 5.02 Å². The minimum Gasteiger partial charge on any atom is -0.454 e. The van der Waals surface area contributed by atoms with E-state index >= 15 is 0 Å². The Morgan fingerprint density at radius 2 is 2.00 bits per heavy atom. The number of benzene rings is 2. The maximum Gasteiger partial charge on any atom is 0.200 e. The Hall–Kier alpha value is -2.31. The zero-order valence-electron chi connectivity index (χ0n) is 9.11. The highest BCUT2D eigenvalue weighted by atomic mass is 35.5. The SMILES string of the molecule is N#Cc1cccc2c(=O)c3cc(Cl)ccc3oc12. The minimum atomic E-state index is -0.175. The molecular formula is C14H6ClNO2. The Labute approximate surface area is 107 Å². The largest absolute Gasteiger partial charge is 0.454 e. The number of para-hydroxylation sites is 1. The molecule has 18 heavy (non-hydrogen) atoms. The monoisotopic (exact) mass is 255 g/mol. The van der Waals surface area contributed by atoms with Crippen molar-refractivity contribution >= 4 is 33.5 Å². The van der Waals surface area contributed by atoms with E-state index in [4.69, 9.17) is 21.3 Å². The van der Waals surface area contributed by atoms with Gasteiger partial charge in [0.25, 0.3) is 0 Å². The van der Waals surface area contributed by atoms with Gasteiger partial charge in [0.1, 0.15) is 11.7 Å². The van der Waals surface area contributed by atoms with Crippen LogP contribution in [0.5, 0.6) is 0 Å². The van der Waals surface area contributed by atoms with Gasteiger partial charge in [-0.05, 0) is 30.3 Å². The predicted octanol–water partition coefficient (Wildman–Crippen LogP) is 3.47. The highest BCUT2D eigenvalue weighted by Crippen LogP contribution is 2.23. The third-order valence-electron chi connectivity index (χ3n) is 2.78. The molecule has 0 N–H and O–H groups in total. The molecule has 3 rings (SSSR count). The topological polar surface area (TPSA) is 54.0 Å². The van der Waals surface area contributed by atoms with Crippen LogP contribution in [0.2, 0.25) is 5.02 Å². The zero-order valence-corrected chi connectivity index (χ0v) is 9.86. The van der Waals surface area contributed by atoms with Gasteiger partial charge in [-0.2, -0.15) is 5.26 Å². The van der Waals surface area contributed by atoms with Gasteiger partial charge in [0.15, 0.2) is 5.58 Å². The Morgan fingerprint density at radius 3 is 2.78 bits per heavy atom. The van der Waals surface area contributed by atoms with Gasteiger partial charge in [-0.1, -0.05) is 17.7 Å². The van der Waals surface area contributed by atoms with Crippen LogP contribution >= 0.6 is 11.6 Å². The summed E-state index contributed by atoms with van der Waals surface area (Å²) in [6, 6.07) is 11.8. The van der Waals surface area contributed by atoms with Crippen LogP contribution in [0.25, 0.3) is 21.9 Å². The van der Waals surface area contributed by atoms with E-state index in [-0.39, 0.29) is 5.43 Å². The highest BCUT2D eigenvalue weighted by molar-refractivity contribution is 6.31. The fraction of sp³-hybridized carbons (Fsp3) is 0. The van der Waals surface area contributed by atoms with Gasteiger partial charge in [-0.25, -0.2) is 0 Å². The summed E-state index contributed by atoms with van der Waals surface area (Å²) in [7, 11) is 0. The van der Waals surface area contributed by atoms with Crippen LogP contribution < -0.4 is 5.43 Å². The van der Waals surface area contributed by atoms with Crippen LogP contribution in [-0.2, 0) is 0 Å². The fourth-order valence-corrected chi connectivity index (χ4v) is 2.11. The fourth-order valence-electron chi connectivity index (χ4n) is 1.94. The molecule has 3 aromatic rings. The van der Waals surface area contributed by atoms with Crippen molar-refractivity contribution in [1.82, 2.24) is 0 Å². The van der Waals surface area contributed by atoms with Crippen LogP contribution in [0.1, 0.15) is 5.56 Å². The minimum absolute atomic E-state index is 0.175. The first-order chi connectivity index (χ1) is 8.70. The summed E-state index contributed by atoms with van der Waals surface area (Å²) in [4.78, 5) is 12.3. The molecule has 86 valence electrons. The van der Waals surface area contributed by atoms with Gasteiger partial charge >= 0.3 is 0 Å². The molecule has 0 bridgehead atoms. The van der Waals surface area contributed by atoms with E-state index in [2.05, 4.69) is 0 Å². The first-order valence-corrected chi connectivity index (χ1v) is 5.63. The Bertz CT molecular complexity index is 874. The van der Waals surface area contributed by atoms with Gasteiger partial charge in [-0.15, -0.1) is 0 Å². The Balaban J connectivity index is 2.62. The number of halogens is 1. The van der Waals surface area contributed by atoms with Crippen LogP contribution in [0.4, 0.5) is 0 Å². The van der Waals surface area contributed by atoms with Crippen LogP contribution in [-0.4, -0.2) is 0 Å². The highest BCUT2D eigenvalue weighted by Gasteiger charge is 2.10. The Kier molecular flexibility index (Phi) is 2.32. The third-order valence-corrected chi connectivity index (χ3v) is 3.01. The molecule has 0 saturated heterocycles. The van der Waals surface area contributed by atoms with Crippen LogP contribution in [0.3, 0.4) is 0 Å². The first-order valence-electron chi connectivity index (χ1n) is 5.26. The summed E-state index contributed by atoms with van der Waals surface area (Å²) in [5.74, 6) is 0. The molecule has 0 amide bonds. The molecule has 3 nitrogen and oxygen atoms in total. The summed E-state index contributed by atoms with van der Waals surface area (Å²) < 4.78 is 5.62. The van der Waals surface area contributed by atoms with E-state index in [1.54, 1.807) is 36.4 Å². The maximum absolute atomic E-state index is 12.3. The average molecular weight is 256 g/mol. The second-order valence-electron chi connectivity index (χ2n) is 3.87. The molecule has 0 saturated carbocycles. The summed E-state index contributed by atoms with van der Waals surface area (Å²) in [5.41, 5.74) is 0.923. The lowest BCUT2D eigenvalue weighted by atomic mass is 10.1. The molecule has 2 aromatic carbocycles. The van der Waals surface area contributed by atoms with E-state index in [0.29, 0.717) is 32.5 Å². The van der Waals surface area contributed by atoms with Crippen molar-refractivity contribution < 1.29 is 4.42 Å². The van der Waals surface area contributed by atoms with Gasteiger partial charge in [-0.3, -0.25) is 4.79 Å². The summed E-state index contributed by atoms with van der Waals surface area (Å²) in [6.07, 6.45) is 0. The molecule has 0 unspecified atom stereocenters. The number of nitriles is 1. The summed E-state index contributed by atoms with van der Waals surface area (Å²) in [6.45, 7) is 0. The van der Waals surface area contributed by atoms with Gasteiger partial charge in [0.2, 0.25) is 5.43 Å². The quantitative estimate of drug-likeness (QED) is 0.578. The molecule has 0 fully saturated rings. The number of hydrogen-bond acceptors (Lipinski definition) is 3. The van der Waals surface area contributed by atoms with Crippen molar-refractivity contribution in [2.75, 3.05) is 0 Å². The van der Waals surface area contributed by atoms with Crippen molar-refractivity contribution in [2.24, 2.45) is 0 Å². The molecule has 1 aromatic heterocycles. The summed E-state index contributed by atoms with van der Waals surface area (Å²) >= 11 is 5.87. The van der Waals surface area contributed by atoms with Gasteiger partial charge in [0.05, 0.1) is 16.3 Å². The van der Waals surface area contributed by atoms with E-state index in [9.17, 15) is 4.79 Å². The van der Waals surface area contributed by atoms with E-state index in [1.165, 1.54) is 0 Å². The van der Waals surface area contributed by atoms with E-state index in [0.717, 1.165) is 0 Å². The van der Waals surface area contributed by atoms with Crippen LogP contribution in [0, 0.1) is 11.3 Å². The second-order valence-corrected chi connectivity index (χ2v) is 4.30. The first kappa shape index (κ1) is 10.8. The molecular weight excluding hydrogens is 250 g/mol. The van der Waals surface area contributed by atoms with Crippen molar-refractivity contribution in [3.63, 3.8) is 0 Å². The number of hydrogen-bond donors (Lipinski definition) is 0.